The summed E-state index contributed by atoms with van der Waals surface area (Å²) in [5.74, 6) is 0. The fraction of sp³-hybridized carbons (Fsp3) is 0.875. The first-order valence-electron chi connectivity index (χ1n) is 8.12. The van der Waals surface area contributed by atoms with Gasteiger partial charge in [-0.25, -0.2) is 0 Å². The topological polar surface area (TPSA) is 48.8 Å². The molecule has 0 bridgehead atoms. The summed E-state index contributed by atoms with van der Waals surface area (Å²) in [6.07, 6.45) is 4.39. The van der Waals surface area contributed by atoms with E-state index < -0.39 is 0 Å². The highest BCUT2D eigenvalue weighted by Gasteiger charge is 2.09. The summed E-state index contributed by atoms with van der Waals surface area (Å²) < 4.78 is 0. The van der Waals surface area contributed by atoms with Crippen molar-refractivity contribution in [2.24, 2.45) is 9.98 Å². The van der Waals surface area contributed by atoms with Crippen LogP contribution in [-0.4, -0.2) is 49.7 Å². The number of hydrogen-bond acceptors (Lipinski definition) is 4. The molecule has 0 aliphatic carbocycles. The van der Waals surface area contributed by atoms with Crippen molar-refractivity contribution in [3.63, 3.8) is 0 Å². The van der Waals surface area contributed by atoms with Crippen LogP contribution in [0.15, 0.2) is 9.98 Å². The minimum Gasteiger partial charge on any atom is -0.312 e. The van der Waals surface area contributed by atoms with Gasteiger partial charge in [0.15, 0.2) is 0 Å². The molecule has 0 saturated heterocycles. The molecule has 2 unspecified atom stereocenters. The third-order valence-electron chi connectivity index (χ3n) is 3.92. The summed E-state index contributed by atoms with van der Waals surface area (Å²) in [4.78, 5) is 9.36. The summed E-state index contributed by atoms with van der Waals surface area (Å²) in [5, 5.41) is 7.19. The molecule has 0 fully saturated rings. The predicted octanol–water partition coefficient (Wildman–Crippen LogP) is 2.44. The van der Waals surface area contributed by atoms with E-state index in [9.17, 15) is 0 Å². The van der Waals surface area contributed by atoms with Crippen molar-refractivity contribution in [3.05, 3.63) is 0 Å². The average molecular weight is 280 g/mol. The van der Waals surface area contributed by atoms with Crippen molar-refractivity contribution in [2.45, 2.75) is 65.5 Å². The van der Waals surface area contributed by atoms with Crippen LogP contribution in [0.4, 0.5) is 0 Å². The second-order valence-corrected chi connectivity index (χ2v) is 5.76. The zero-order valence-electron chi connectivity index (χ0n) is 13.7. The van der Waals surface area contributed by atoms with E-state index in [4.69, 9.17) is 0 Å². The van der Waals surface area contributed by atoms with Crippen molar-refractivity contribution in [2.75, 3.05) is 26.2 Å². The normalized spacial score (nSPS) is 27.4. The lowest BCUT2D eigenvalue weighted by molar-refractivity contribution is 0.506. The van der Waals surface area contributed by atoms with E-state index in [1.54, 1.807) is 0 Å². The first-order chi connectivity index (χ1) is 9.65. The summed E-state index contributed by atoms with van der Waals surface area (Å²) >= 11 is 0. The first-order valence-corrected chi connectivity index (χ1v) is 8.12. The Morgan fingerprint density at radius 1 is 0.850 bits per heavy atom. The average Bonchev–Trinajstić information content (AvgIpc) is 2.44. The molecule has 0 aromatic rings. The maximum absolute atomic E-state index is 4.68. The smallest absolute Gasteiger partial charge is 0.0513 e. The number of nitrogens with zero attached hydrogens (tertiary/aromatic N) is 2. The molecule has 0 amide bonds. The highest BCUT2D eigenvalue weighted by molar-refractivity contribution is 5.83. The SMILES string of the molecule is CCC1CC(C)=NCCNC(CC)CC(C)=NCCN1. The summed E-state index contributed by atoms with van der Waals surface area (Å²) in [6.45, 7) is 12.5. The highest BCUT2D eigenvalue weighted by Crippen LogP contribution is 2.02. The lowest BCUT2D eigenvalue weighted by Crippen LogP contribution is -2.34. The molecule has 1 rings (SSSR count). The summed E-state index contributed by atoms with van der Waals surface area (Å²) in [5.41, 5.74) is 2.52. The van der Waals surface area contributed by atoms with Crippen LogP contribution in [-0.2, 0) is 0 Å². The van der Waals surface area contributed by atoms with Crippen LogP contribution < -0.4 is 10.6 Å². The van der Waals surface area contributed by atoms with Crippen LogP contribution in [0.2, 0.25) is 0 Å². The van der Waals surface area contributed by atoms with Crippen molar-refractivity contribution < 1.29 is 0 Å². The van der Waals surface area contributed by atoms with Gasteiger partial charge >= 0.3 is 0 Å². The summed E-state index contributed by atoms with van der Waals surface area (Å²) in [7, 11) is 0. The lowest BCUT2D eigenvalue weighted by atomic mass is 10.1. The molecule has 4 heteroatoms. The molecule has 0 radical (unpaired) electrons. The number of aliphatic imine (C=N–C) groups is 2. The fourth-order valence-electron chi connectivity index (χ4n) is 2.59. The van der Waals surface area contributed by atoms with Crippen LogP contribution in [0.1, 0.15) is 53.4 Å². The first kappa shape index (κ1) is 17.3. The van der Waals surface area contributed by atoms with Gasteiger partial charge in [0.05, 0.1) is 13.1 Å². The Balaban J connectivity index is 2.62. The molecule has 2 atom stereocenters. The van der Waals surface area contributed by atoms with Crippen molar-refractivity contribution in [3.8, 4) is 0 Å². The Hall–Kier alpha value is -0.740. The molecule has 0 aromatic carbocycles. The van der Waals surface area contributed by atoms with E-state index in [1.165, 1.54) is 11.4 Å². The Bertz CT molecular complexity index is 290. The van der Waals surface area contributed by atoms with Gasteiger partial charge in [0.25, 0.3) is 0 Å². The maximum Gasteiger partial charge on any atom is 0.0513 e. The molecule has 0 spiro atoms. The van der Waals surface area contributed by atoms with E-state index in [2.05, 4.69) is 48.3 Å². The number of hydrogen-bond donors (Lipinski definition) is 2. The standard InChI is InChI=1S/C16H32N4/c1-5-15-11-13(3)17-8-10-20-16(6-2)12-14(4)18-7-9-19-15/h15-16,19-20H,5-12H2,1-4H3. The molecule has 2 N–H and O–H groups in total. The summed E-state index contributed by atoms with van der Waals surface area (Å²) in [6, 6.07) is 1.07. The van der Waals surface area contributed by atoms with Gasteiger partial charge in [-0.3, -0.25) is 9.98 Å². The molecular formula is C16H32N4. The van der Waals surface area contributed by atoms with E-state index in [0.717, 1.165) is 51.9 Å². The molecule has 1 aliphatic rings. The van der Waals surface area contributed by atoms with E-state index >= 15 is 0 Å². The minimum absolute atomic E-state index is 0.536. The zero-order valence-corrected chi connectivity index (χ0v) is 13.7. The fourth-order valence-corrected chi connectivity index (χ4v) is 2.59. The van der Waals surface area contributed by atoms with Gasteiger partial charge in [0.2, 0.25) is 0 Å². The van der Waals surface area contributed by atoms with Crippen molar-refractivity contribution in [1.29, 1.82) is 0 Å². The molecule has 20 heavy (non-hydrogen) atoms. The van der Waals surface area contributed by atoms with E-state index in [0.29, 0.717) is 12.1 Å². The molecule has 116 valence electrons. The predicted molar refractivity (Wildman–Crippen MR) is 89.3 cm³/mol. The molecule has 4 nitrogen and oxygen atoms in total. The zero-order chi connectivity index (χ0) is 14.8. The van der Waals surface area contributed by atoms with Gasteiger partial charge < -0.3 is 10.6 Å². The molecule has 0 saturated carbocycles. The number of rotatable bonds is 2. The number of nitrogens with one attached hydrogen (secondary N) is 2. The van der Waals surface area contributed by atoms with Crippen LogP contribution in [0.5, 0.6) is 0 Å². The van der Waals surface area contributed by atoms with Gasteiger partial charge in [-0.05, 0) is 26.7 Å². The largest absolute Gasteiger partial charge is 0.312 e. The van der Waals surface area contributed by atoms with Gasteiger partial charge in [-0.15, -0.1) is 0 Å². The Morgan fingerprint density at radius 3 is 1.60 bits per heavy atom. The van der Waals surface area contributed by atoms with Crippen molar-refractivity contribution >= 4 is 11.4 Å². The monoisotopic (exact) mass is 280 g/mol. The molecule has 0 aromatic heterocycles. The van der Waals surface area contributed by atoms with Gasteiger partial charge in [0.1, 0.15) is 0 Å². The Labute approximate surface area is 124 Å². The van der Waals surface area contributed by atoms with Gasteiger partial charge in [-0.2, -0.15) is 0 Å². The van der Waals surface area contributed by atoms with Crippen LogP contribution >= 0.6 is 0 Å². The quantitative estimate of drug-likeness (QED) is 0.816. The Kier molecular flexibility index (Phi) is 8.70. The molecular weight excluding hydrogens is 248 g/mol. The van der Waals surface area contributed by atoms with Gasteiger partial charge in [-0.1, -0.05) is 13.8 Å². The second kappa shape index (κ2) is 10.1. The third kappa shape index (κ3) is 7.15. The van der Waals surface area contributed by atoms with E-state index in [1.807, 2.05) is 0 Å². The highest BCUT2D eigenvalue weighted by atomic mass is 15.0. The lowest BCUT2D eigenvalue weighted by Gasteiger charge is -2.19. The molecule has 1 aliphatic heterocycles. The molecule has 1 heterocycles. The van der Waals surface area contributed by atoms with Crippen LogP contribution in [0, 0.1) is 0 Å². The third-order valence-corrected chi connectivity index (χ3v) is 3.92. The minimum atomic E-state index is 0.536. The van der Waals surface area contributed by atoms with Crippen LogP contribution in [0.3, 0.4) is 0 Å². The van der Waals surface area contributed by atoms with Crippen molar-refractivity contribution in [1.82, 2.24) is 10.6 Å². The Morgan fingerprint density at radius 2 is 1.25 bits per heavy atom. The second-order valence-electron chi connectivity index (χ2n) is 5.76. The van der Waals surface area contributed by atoms with Crippen LogP contribution in [0.25, 0.3) is 0 Å². The van der Waals surface area contributed by atoms with E-state index in [-0.39, 0.29) is 0 Å². The van der Waals surface area contributed by atoms with Gasteiger partial charge in [0, 0.05) is 49.4 Å². The maximum atomic E-state index is 4.68.